The van der Waals surface area contributed by atoms with Gasteiger partial charge in [0, 0.05) is 5.56 Å². The zero-order chi connectivity index (χ0) is 17.1. The van der Waals surface area contributed by atoms with E-state index in [0.29, 0.717) is 5.75 Å². The highest BCUT2D eigenvalue weighted by atomic mass is 16.7. The molecule has 1 aliphatic rings. The van der Waals surface area contributed by atoms with Gasteiger partial charge in [-0.15, -0.1) is 0 Å². The summed E-state index contributed by atoms with van der Waals surface area (Å²) in [6.45, 7) is -0.495. The van der Waals surface area contributed by atoms with E-state index in [1.54, 1.807) is 12.1 Å². The summed E-state index contributed by atoms with van der Waals surface area (Å²) < 4.78 is 11.1. The summed E-state index contributed by atoms with van der Waals surface area (Å²) >= 11 is 0. The molecular formula is C18H20O6. The number of aliphatic hydroxyl groups is 4. The molecule has 0 bridgehead atoms. The molecule has 0 radical (unpaired) electrons. The van der Waals surface area contributed by atoms with Crippen molar-refractivity contribution in [3.63, 3.8) is 0 Å². The van der Waals surface area contributed by atoms with Crippen molar-refractivity contribution in [1.82, 2.24) is 0 Å². The Morgan fingerprint density at radius 1 is 0.833 bits per heavy atom. The third kappa shape index (κ3) is 3.28. The number of hydrogen-bond donors (Lipinski definition) is 4. The van der Waals surface area contributed by atoms with Gasteiger partial charge in [-0.1, -0.05) is 48.5 Å². The quantitative estimate of drug-likeness (QED) is 0.652. The standard InChI is InChI=1S/C18H20O6/c19-10-14-15(20)16(21)17(22)18(24-14)23-13-9-5-4-8-12(13)11-6-2-1-3-7-11/h1-9,14-22H,10H2/t14-,15-,16+,17-,18-/m1/s1. The molecule has 6 heteroatoms. The van der Waals surface area contributed by atoms with Gasteiger partial charge < -0.3 is 29.9 Å². The molecule has 6 nitrogen and oxygen atoms in total. The molecule has 128 valence electrons. The van der Waals surface area contributed by atoms with Crippen LogP contribution < -0.4 is 4.74 Å². The van der Waals surface area contributed by atoms with Crippen LogP contribution in [0.25, 0.3) is 11.1 Å². The maximum absolute atomic E-state index is 10.1. The van der Waals surface area contributed by atoms with Gasteiger partial charge in [0.15, 0.2) is 0 Å². The second kappa shape index (κ2) is 7.29. The Balaban J connectivity index is 1.86. The molecule has 0 aliphatic carbocycles. The van der Waals surface area contributed by atoms with Crippen LogP contribution in [0.2, 0.25) is 0 Å². The predicted octanol–water partition coefficient (Wildman–Crippen LogP) is 0.532. The number of para-hydroxylation sites is 1. The van der Waals surface area contributed by atoms with E-state index in [-0.39, 0.29) is 0 Å². The van der Waals surface area contributed by atoms with Crippen LogP contribution in [0.4, 0.5) is 0 Å². The Labute approximate surface area is 139 Å². The topological polar surface area (TPSA) is 99.4 Å². The van der Waals surface area contributed by atoms with E-state index in [4.69, 9.17) is 9.47 Å². The zero-order valence-corrected chi connectivity index (χ0v) is 12.9. The summed E-state index contributed by atoms with van der Waals surface area (Å²) in [4.78, 5) is 0. The van der Waals surface area contributed by atoms with Crippen LogP contribution in [0.15, 0.2) is 54.6 Å². The summed E-state index contributed by atoms with van der Waals surface area (Å²) in [6, 6.07) is 16.8. The number of hydrogen-bond acceptors (Lipinski definition) is 6. The molecular weight excluding hydrogens is 312 g/mol. The van der Waals surface area contributed by atoms with E-state index >= 15 is 0 Å². The van der Waals surface area contributed by atoms with Crippen molar-refractivity contribution < 1.29 is 29.9 Å². The monoisotopic (exact) mass is 332 g/mol. The first kappa shape index (κ1) is 16.9. The highest BCUT2D eigenvalue weighted by molar-refractivity contribution is 5.70. The van der Waals surface area contributed by atoms with E-state index in [9.17, 15) is 20.4 Å². The van der Waals surface area contributed by atoms with Gasteiger partial charge >= 0.3 is 0 Å². The van der Waals surface area contributed by atoms with Crippen LogP contribution in [0, 0.1) is 0 Å². The molecule has 2 aromatic rings. The number of benzene rings is 2. The largest absolute Gasteiger partial charge is 0.461 e. The Morgan fingerprint density at radius 2 is 1.50 bits per heavy atom. The fourth-order valence-electron chi connectivity index (χ4n) is 2.72. The van der Waals surface area contributed by atoms with Gasteiger partial charge in [-0.05, 0) is 11.6 Å². The minimum atomic E-state index is -1.47. The van der Waals surface area contributed by atoms with Crippen molar-refractivity contribution in [2.24, 2.45) is 0 Å². The lowest BCUT2D eigenvalue weighted by Crippen LogP contribution is -2.60. The normalized spacial score (nSPS) is 30.1. The third-order valence-corrected chi connectivity index (χ3v) is 4.06. The van der Waals surface area contributed by atoms with E-state index in [2.05, 4.69) is 0 Å². The van der Waals surface area contributed by atoms with Gasteiger partial charge in [0.2, 0.25) is 6.29 Å². The smallest absolute Gasteiger partial charge is 0.229 e. The summed E-state index contributed by atoms with van der Waals surface area (Å²) in [5, 5.41) is 39.0. The fraction of sp³-hybridized carbons (Fsp3) is 0.333. The first-order valence-electron chi connectivity index (χ1n) is 7.73. The Bertz CT molecular complexity index is 660. The molecule has 5 atom stereocenters. The Hall–Kier alpha value is -1.96. The second-order valence-corrected chi connectivity index (χ2v) is 5.68. The second-order valence-electron chi connectivity index (χ2n) is 5.68. The lowest BCUT2D eigenvalue weighted by molar-refractivity contribution is -0.277. The first-order chi connectivity index (χ1) is 11.6. The van der Waals surface area contributed by atoms with Crippen LogP contribution in [0.3, 0.4) is 0 Å². The van der Waals surface area contributed by atoms with E-state index in [0.717, 1.165) is 11.1 Å². The molecule has 1 aliphatic heterocycles. The fourth-order valence-corrected chi connectivity index (χ4v) is 2.72. The van der Waals surface area contributed by atoms with Crippen LogP contribution >= 0.6 is 0 Å². The average Bonchev–Trinajstić information content (AvgIpc) is 2.63. The van der Waals surface area contributed by atoms with Gasteiger partial charge in [0.05, 0.1) is 6.61 Å². The van der Waals surface area contributed by atoms with Crippen molar-refractivity contribution in [2.75, 3.05) is 6.61 Å². The molecule has 2 aromatic carbocycles. The van der Waals surface area contributed by atoms with Crippen molar-refractivity contribution >= 4 is 0 Å². The van der Waals surface area contributed by atoms with Gasteiger partial charge in [0.1, 0.15) is 30.2 Å². The lowest BCUT2D eigenvalue weighted by atomic mass is 9.99. The van der Waals surface area contributed by atoms with Crippen molar-refractivity contribution in [1.29, 1.82) is 0 Å². The molecule has 0 amide bonds. The SMILES string of the molecule is OC[C@H]1O[C@@H](Oc2ccccc2-c2ccccc2)[C@H](O)[C@@H](O)[C@@H]1O. The minimum absolute atomic E-state index is 0.466. The van der Waals surface area contributed by atoms with Crippen LogP contribution in [-0.2, 0) is 4.74 Å². The molecule has 1 saturated heterocycles. The predicted molar refractivity (Wildman–Crippen MR) is 86.3 cm³/mol. The molecule has 0 saturated carbocycles. The highest BCUT2D eigenvalue weighted by Crippen LogP contribution is 2.32. The van der Waals surface area contributed by atoms with Crippen molar-refractivity contribution in [3.8, 4) is 16.9 Å². The average molecular weight is 332 g/mol. The number of aliphatic hydroxyl groups excluding tert-OH is 4. The molecule has 0 unspecified atom stereocenters. The summed E-state index contributed by atoms with van der Waals surface area (Å²) in [7, 11) is 0. The van der Waals surface area contributed by atoms with E-state index in [1.165, 1.54) is 0 Å². The van der Waals surface area contributed by atoms with E-state index in [1.807, 2.05) is 42.5 Å². The summed E-state index contributed by atoms with van der Waals surface area (Å²) in [5.74, 6) is 0.466. The maximum Gasteiger partial charge on any atom is 0.229 e. The summed E-state index contributed by atoms with van der Waals surface area (Å²) in [6.07, 6.45) is -6.52. The minimum Gasteiger partial charge on any atom is -0.461 e. The molecule has 0 aromatic heterocycles. The molecule has 1 fully saturated rings. The number of ether oxygens (including phenoxy) is 2. The summed E-state index contributed by atoms with van der Waals surface area (Å²) in [5.41, 5.74) is 1.73. The lowest BCUT2D eigenvalue weighted by Gasteiger charge is -2.39. The van der Waals surface area contributed by atoms with Crippen LogP contribution in [0.5, 0.6) is 5.75 Å². The highest BCUT2D eigenvalue weighted by Gasteiger charge is 2.44. The van der Waals surface area contributed by atoms with Gasteiger partial charge in [0.25, 0.3) is 0 Å². The van der Waals surface area contributed by atoms with Gasteiger partial charge in [-0.2, -0.15) is 0 Å². The first-order valence-corrected chi connectivity index (χ1v) is 7.73. The molecule has 4 N–H and O–H groups in total. The molecule has 0 spiro atoms. The Morgan fingerprint density at radius 3 is 2.21 bits per heavy atom. The van der Waals surface area contributed by atoms with E-state index < -0.39 is 37.3 Å². The van der Waals surface area contributed by atoms with Gasteiger partial charge in [-0.3, -0.25) is 0 Å². The van der Waals surface area contributed by atoms with Crippen molar-refractivity contribution in [3.05, 3.63) is 54.6 Å². The van der Waals surface area contributed by atoms with Gasteiger partial charge in [-0.25, -0.2) is 0 Å². The van der Waals surface area contributed by atoms with Crippen molar-refractivity contribution in [2.45, 2.75) is 30.7 Å². The van der Waals surface area contributed by atoms with Crippen LogP contribution in [0.1, 0.15) is 0 Å². The molecule has 1 heterocycles. The Kier molecular flexibility index (Phi) is 5.13. The molecule has 3 rings (SSSR count). The third-order valence-electron chi connectivity index (χ3n) is 4.06. The van der Waals surface area contributed by atoms with Crippen LogP contribution in [-0.4, -0.2) is 57.7 Å². The number of rotatable bonds is 4. The zero-order valence-electron chi connectivity index (χ0n) is 12.9. The molecule has 24 heavy (non-hydrogen) atoms. The maximum atomic E-state index is 10.1.